The predicted octanol–water partition coefficient (Wildman–Crippen LogP) is 2.32. The molecule has 8 heteroatoms. The monoisotopic (exact) mass is 398 g/mol. The van der Waals surface area contributed by atoms with Crippen LogP contribution in [0.15, 0.2) is 54.6 Å². The number of carbonyl (C=O) groups is 3. The molecule has 2 N–H and O–H groups in total. The molecule has 0 aliphatic carbocycles. The molecule has 0 saturated carbocycles. The molecule has 2 aromatic rings. The first-order chi connectivity index (χ1) is 13.9. The van der Waals surface area contributed by atoms with Crippen molar-refractivity contribution in [1.29, 1.82) is 0 Å². The van der Waals surface area contributed by atoms with Crippen LogP contribution in [0.1, 0.15) is 17.3 Å². The number of piperazine rings is 1. The van der Waals surface area contributed by atoms with Gasteiger partial charge in [0.25, 0.3) is 5.91 Å². The molecule has 0 spiro atoms. The molecule has 1 unspecified atom stereocenters. The van der Waals surface area contributed by atoms with Crippen LogP contribution in [0.25, 0.3) is 0 Å². The minimum absolute atomic E-state index is 0.187. The fourth-order valence-corrected chi connectivity index (χ4v) is 3.07. The summed E-state index contributed by atoms with van der Waals surface area (Å²) in [7, 11) is 0. The molecule has 152 valence electrons. The summed E-state index contributed by atoms with van der Waals surface area (Å²) in [5.41, 5.74) is 1.00. The van der Waals surface area contributed by atoms with E-state index in [4.69, 9.17) is 0 Å². The largest absolute Gasteiger partial charge is 0.341 e. The molecular weight excluding hydrogens is 375 g/mol. The minimum atomic E-state index is -0.665. The molecule has 2 aromatic carbocycles. The lowest BCUT2D eigenvalue weighted by Gasteiger charge is -2.36. The van der Waals surface area contributed by atoms with Gasteiger partial charge >= 0.3 is 6.03 Å². The van der Waals surface area contributed by atoms with Crippen LogP contribution < -0.4 is 10.6 Å². The SMILES string of the molecule is CC(NC(=O)c1ccccc1)C(=O)N1CCN(C(=O)Nc2ccc(F)cc2)CC1. The van der Waals surface area contributed by atoms with Gasteiger partial charge in [-0.3, -0.25) is 9.59 Å². The lowest BCUT2D eigenvalue weighted by molar-refractivity contribution is -0.134. The van der Waals surface area contributed by atoms with Crippen molar-refractivity contribution in [2.75, 3.05) is 31.5 Å². The lowest BCUT2D eigenvalue weighted by atomic mass is 10.2. The smallest absolute Gasteiger partial charge is 0.321 e. The molecule has 1 aliphatic heterocycles. The Kier molecular flexibility index (Phi) is 6.43. The van der Waals surface area contributed by atoms with E-state index in [9.17, 15) is 18.8 Å². The number of benzene rings is 2. The van der Waals surface area contributed by atoms with Gasteiger partial charge in [0.15, 0.2) is 0 Å². The Morgan fingerprint density at radius 2 is 1.48 bits per heavy atom. The zero-order chi connectivity index (χ0) is 20.8. The maximum Gasteiger partial charge on any atom is 0.321 e. The van der Waals surface area contributed by atoms with Crippen molar-refractivity contribution in [3.63, 3.8) is 0 Å². The normalized spacial score (nSPS) is 14.8. The molecule has 7 nitrogen and oxygen atoms in total. The maximum atomic E-state index is 13.0. The summed E-state index contributed by atoms with van der Waals surface area (Å²) in [6.45, 7) is 3.15. The average Bonchev–Trinajstić information content (AvgIpc) is 2.75. The second-order valence-electron chi connectivity index (χ2n) is 6.81. The first-order valence-electron chi connectivity index (χ1n) is 9.40. The summed E-state index contributed by atoms with van der Waals surface area (Å²) in [6, 6.07) is 13.3. The third-order valence-electron chi connectivity index (χ3n) is 4.73. The first kappa shape index (κ1) is 20.3. The zero-order valence-electron chi connectivity index (χ0n) is 16.1. The molecule has 0 aromatic heterocycles. The van der Waals surface area contributed by atoms with Crippen LogP contribution in [-0.4, -0.2) is 59.9 Å². The van der Waals surface area contributed by atoms with Crippen LogP contribution in [-0.2, 0) is 4.79 Å². The number of hydrogen-bond acceptors (Lipinski definition) is 3. The Morgan fingerprint density at radius 3 is 2.10 bits per heavy atom. The second kappa shape index (κ2) is 9.18. The summed E-state index contributed by atoms with van der Waals surface area (Å²) in [4.78, 5) is 40.4. The quantitative estimate of drug-likeness (QED) is 0.829. The van der Waals surface area contributed by atoms with E-state index < -0.39 is 6.04 Å². The Bertz CT molecular complexity index is 865. The molecule has 1 atom stereocenters. The third kappa shape index (κ3) is 5.31. The topological polar surface area (TPSA) is 81.8 Å². The summed E-state index contributed by atoms with van der Waals surface area (Å²) in [6.07, 6.45) is 0. The number of nitrogens with zero attached hydrogens (tertiary/aromatic N) is 2. The number of carbonyl (C=O) groups excluding carboxylic acids is 3. The summed E-state index contributed by atoms with van der Waals surface area (Å²) < 4.78 is 13.0. The molecular formula is C21H23FN4O3. The Balaban J connectivity index is 1.47. The number of rotatable bonds is 4. The number of anilines is 1. The highest BCUT2D eigenvalue weighted by atomic mass is 19.1. The van der Waals surface area contributed by atoms with Crippen molar-refractivity contribution in [3.05, 3.63) is 66.0 Å². The van der Waals surface area contributed by atoms with Gasteiger partial charge < -0.3 is 20.4 Å². The van der Waals surface area contributed by atoms with E-state index in [0.29, 0.717) is 37.4 Å². The van der Waals surface area contributed by atoms with Gasteiger partial charge in [-0.05, 0) is 43.3 Å². The molecule has 3 rings (SSSR count). The van der Waals surface area contributed by atoms with E-state index >= 15 is 0 Å². The molecule has 29 heavy (non-hydrogen) atoms. The van der Waals surface area contributed by atoms with Gasteiger partial charge in [0.2, 0.25) is 5.91 Å². The van der Waals surface area contributed by atoms with Gasteiger partial charge in [0, 0.05) is 37.4 Å². The fraction of sp³-hybridized carbons (Fsp3) is 0.286. The van der Waals surface area contributed by atoms with Crippen molar-refractivity contribution < 1.29 is 18.8 Å². The van der Waals surface area contributed by atoms with Gasteiger partial charge in [-0.15, -0.1) is 0 Å². The van der Waals surface area contributed by atoms with Crippen molar-refractivity contribution in [2.45, 2.75) is 13.0 Å². The van der Waals surface area contributed by atoms with Crippen molar-refractivity contribution in [3.8, 4) is 0 Å². The van der Waals surface area contributed by atoms with Gasteiger partial charge in [-0.2, -0.15) is 0 Å². The maximum absolute atomic E-state index is 13.0. The fourth-order valence-electron chi connectivity index (χ4n) is 3.07. The number of hydrogen-bond donors (Lipinski definition) is 2. The van der Waals surface area contributed by atoms with Crippen LogP contribution >= 0.6 is 0 Å². The Hall–Kier alpha value is -3.42. The van der Waals surface area contributed by atoms with E-state index in [-0.39, 0.29) is 23.7 Å². The lowest BCUT2D eigenvalue weighted by Crippen LogP contribution is -2.55. The molecule has 4 amide bonds. The summed E-state index contributed by atoms with van der Waals surface area (Å²) >= 11 is 0. The number of urea groups is 1. The number of amides is 4. The molecule has 1 fully saturated rings. The average molecular weight is 398 g/mol. The molecule has 0 radical (unpaired) electrons. The standard InChI is InChI=1S/C21H23FN4O3/c1-15(23-19(27)16-5-3-2-4-6-16)20(28)25-11-13-26(14-12-25)21(29)24-18-9-7-17(22)8-10-18/h2-10,15H,11-14H2,1H3,(H,23,27)(H,24,29). The summed E-state index contributed by atoms with van der Waals surface area (Å²) in [5, 5.41) is 5.42. The van der Waals surface area contributed by atoms with E-state index in [1.807, 2.05) is 6.07 Å². The van der Waals surface area contributed by atoms with Crippen LogP contribution in [0, 0.1) is 5.82 Å². The Morgan fingerprint density at radius 1 is 0.897 bits per heavy atom. The first-order valence-corrected chi connectivity index (χ1v) is 9.40. The molecule has 1 aliphatic rings. The highest BCUT2D eigenvalue weighted by Gasteiger charge is 2.27. The minimum Gasteiger partial charge on any atom is -0.341 e. The van der Waals surface area contributed by atoms with Crippen LogP contribution in [0.3, 0.4) is 0 Å². The van der Waals surface area contributed by atoms with Gasteiger partial charge in [-0.25, -0.2) is 9.18 Å². The van der Waals surface area contributed by atoms with Crippen molar-refractivity contribution in [2.24, 2.45) is 0 Å². The molecule has 0 bridgehead atoms. The number of nitrogens with one attached hydrogen (secondary N) is 2. The Labute approximate surface area is 168 Å². The highest BCUT2D eigenvalue weighted by molar-refractivity contribution is 5.97. The zero-order valence-corrected chi connectivity index (χ0v) is 16.1. The van der Waals surface area contributed by atoms with Gasteiger partial charge in [0.1, 0.15) is 11.9 Å². The van der Waals surface area contributed by atoms with E-state index in [1.54, 1.807) is 41.0 Å². The van der Waals surface area contributed by atoms with E-state index in [2.05, 4.69) is 10.6 Å². The number of halogens is 1. The van der Waals surface area contributed by atoms with E-state index in [1.165, 1.54) is 24.3 Å². The third-order valence-corrected chi connectivity index (χ3v) is 4.73. The van der Waals surface area contributed by atoms with Crippen LogP contribution in [0.2, 0.25) is 0 Å². The van der Waals surface area contributed by atoms with Crippen LogP contribution in [0.4, 0.5) is 14.9 Å². The van der Waals surface area contributed by atoms with Crippen molar-refractivity contribution >= 4 is 23.5 Å². The predicted molar refractivity (Wildman–Crippen MR) is 107 cm³/mol. The van der Waals surface area contributed by atoms with Gasteiger partial charge in [-0.1, -0.05) is 18.2 Å². The second-order valence-corrected chi connectivity index (χ2v) is 6.81. The van der Waals surface area contributed by atoms with Gasteiger partial charge in [0.05, 0.1) is 0 Å². The highest BCUT2D eigenvalue weighted by Crippen LogP contribution is 2.11. The van der Waals surface area contributed by atoms with Crippen molar-refractivity contribution in [1.82, 2.24) is 15.1 Å². The van der Waals surface area contributed by atoms with E-state index in [0.717, 1.165) is 0 Å². The molecule has 1 heterocycles. The van der Waals surface area contributed by atoms with Crippen LogP contribution in [0.5, 0.6) is 0 Å². The summed E-state index contributed by atoms with van der Waals surface area (Å²) in [5.74, 6) is -0.861. The molecule has 1 saturated heterocycles.